The zero-order valence-corrected chi connectivity index (χ0v) is 10.8. The molecule has 5 nitrogen and oxygen atoms in total. The van der Waals surface area contributed by atoms with E-state index in [0.717, 1.165) is 6.39 Å². The van der Waals surface area contributed by atoms with E-state index < -0.39 is 11.7 Å². The summed E-state index contributed by atoms with van der Waals surface area (Å²) < 4.78 is 19.0. The lowest BCUT2D eigenvalue weighted by Gasteiger charge is -2.04. The van der Waals surface area contributed by atoms with Crippen molar-refractivity contribution in [1.82, 2.24) is 9.97 Å². The molecule has 0 unspecified atom stereocenters. The first-order valence-electron chi connectivity index (χ1n) is 6.15. The Morgan fingerprint density at radius 2 is 2.05 bits per heavy atom. The van der Waals surface area contributed by atoms with Crippen molar-refractivity contribution >= 4 is 11.6 Å². The van der Waals surface area contributed by atoms with Crippen LogP contribution in [0.25, 0.3) is 11.3 Å². The smallest absolute Gasteiger partial charge is 0.278 e. The van der Waals surface area contributed by atoms with Crippen LogP contribution in [0.4, 0.5) is 10.1 Å². The average molecular weight is 283 g/mol. The fourth-order valence-electron chi connectivity index (χ4n) is 1.87. The van der Waals surface area contributed by atoms with E-state index in [0.29, 0.717) is 5.69 Å². The summed E-state index contributed by atoms with van der Waals surface area (Å²) in [6, 6.07) is 9.41. The number of oxazole rings is 1. The summed E-state index contributed by atoms with van der Waals surface area (Å²) >= 11 is 0. The predicted molar refractivity (Wildman–Crippen MR) is 74.1 cm³/mol. The maximum absolute atomic E-state index is 13.8. The number of nitrogens with zero attached hydrogens (tertiary/aromatic N) is 2. The van der Waals surface area contributed by atoms with E-state index in [4.69, 9.17) is 4.42 Å². The van der Waals surface area contributed by atoms with Crippen LogP contribution >= 0.6 is 0 Å². The second-order valence-corrected chi connectivity index (χ2v) is 4.21. The van der Waals surface area contributed by atoms with Gasteiger partial charge in [-0.15, -0.1) is 0 Å². The third-order valence-corrected chi connectivity index (χ3v) is 2.82. The normalized spacial score (nSPS) is 10.3. The van der Waals surface area contributed by atoms with Crippen molar-refractivity contribution in [3.05, 3.63) is 66.7 Å². The van der Waals surface area contributed by atoms with Crippen LogP contribution in [0.3, 0.4) is 0 Å². The minimum Gasteiger partial charge on any atom is -0.443 e. The van der Waals surface area contributed by atoms with Crippen molar-refractivity contribution in [2.45, 2.75) is 0 Å². The Morgan fingerprint density at radius 1 is 1.19 bits per heavy atom. The quantitative estimate of drug-likeness (QED) is 0.801. The van der Waals surface area contributed by atoms with Gasteiger partial charge in [0.05, 0.1) is 17.4 Å². The molecule has 3 aromatic rings. The molecule has 0 aliphatic carbocycles. The van der Waals surface area contributed by atoms with E-state index in [1.54, 1.807) is 30.5 Å². The summed E-state index contributed by atoms with van der Waals surface area (Å²) in [5.41, 5.74) is 0.722. The van der Waals surface area contributed by atoms with E-state index in [-0.39, 0.29) is 17.0 Å². The molecule has 1 N–H and O–H groups in total. The van der Waals surface area contributed by atoms with Crippen molar-refractivity contribution in [2.24, 2.45) is 0 Å². The first-order chi connectivity index (χ1) is 10.3. The molecule has 6 heteroatoms. The Kier molecular flexibility index (Phi) is 3.42. The lowest BCUT2D eigenvalue weighted by atomic mass is 10.1. The van der Waals surface area contributed by atoms with Crippen molar-refractivity contribution < 1.29 is 13.6 Å². The minimum atomic E-state index is -0.491. The van der Waals surface area contributed by atoms with Crippen molar-refractivity contribution in [3.63, 3.8) is 0 Å². The summed E-state index contributed by atoms with van der Waals surface area (Å²) in [6.07, 6.45) is 4.21. The first kappa shape index (κ1) is 13.0. The van der Waals surface area contributed by atoms with Gasteiger partial charge < -0.3 is 9.73 Å². The second-order valence-electron chi connectivity index (χ2n) is 4.21. The number of hydrogen-bond donors (Lipinski definition) is 1. The van der Waals surface area contributed by atoms with Crippen molar-refractivity contribution in [3.8, 4) is 11.3 Å². The molecule has 2 aromatic heterocycles. The molecule has 0 saturated heterocycles. The standard InChI is InChI=1S/C15H10FN3O2/c16-12-6-2-1-5-11(12)14-13(18-9-21-14)15(20)19-10-4-3-7-17-8-10/h1-9H,(H,19,20). The summed E-state index contributed by atoms with van der Waals surface area (Å²) in [4.78, 5) is 20.0. The lowest BCUT2D eigenvalue weighted by Crippen LogP contribution is -2.13. The van der Waals surface area contributed by atoms with Crippen LogP contribution in [0.5, 0.6) is 0 Å². The average Bonchev–Trinajstić information content (AvgIpc) is 2.98. The zero-order chi connectivity index (χ0) is 14.7. The molecule has 3 rings (SSSR count). The third kappa shape index (κ3) is 2.64. The van der Waals surface area contributed by atoms with Gasteiger partial charge in [0, 0.05) is 6.20 Å². The summed E-state index contributed by atoms with van der Waals surface area (Å²) in [6.45, 7) is 0. The highest BCUT2D eigenvalue weighted by Crippen LogP contribution is 2.26. The highest BCUT2D eigenvalue weighted by molar-refractivity contribution is 6.06. The van der Waals surface area contributed by atoms with Crippen LogP contribution in [0.15, 0.2) is 59.6 Å². The maximum atomic E-state index is 13.8. The Morgan fingerprint density at radius 3 is 2.81 bits per heavy atom. The van der Waals surface area contributed by atoms with Crippen LogP contribution in [-0.2, 0) is 0 Å². The molecule has 0 saturated carbocycles. The van der Waals surface area contributed by atoms with Crippen LogP contribution in [-0.4, -0.2) is 15.9 Å². The molecule has 104 valence electrons. The van der Waals surface area contributed by atoms with Gasteiger partial charge in [0.25, 0.3) is 5.91 Å². The second kappa shape index (κ2) is 5.54. The largest absolute Gasteiger partial charge is 0.443 e. The molecule has 0 aliphatic heterocycles. The summed E-state index contributed by atoms with van der Waals surface area (Å²) in [5, 5.41) is 2.63. The lowest BCUT2D eigenvalue weighted by molar-refractivity contribution is 0.102. The number of carbonyl (C=O) groups is 1. The van der Waals surface area contributed by atoms with E-state index in [1.165, 1.54) is 18.3 Å². The van der Waals surface area contributed by atoms with Crippen LogP contribution < -0.4 is 5.32 Å². The number of carbonyl (C=O) groups excluding carboxylic acids is 1. The monoisotopic (exact) mass is 283 g/mol. The number of rotatable bonds is 3. The number of aromatic nitrogens is 2. The number of hydrogen-bond acceptors (Lipinski definition) is 4. The molecule has 0 spiro atoms. The molecule has 1 amide bonds. The maximum Gasteiger partial charge on any atom is 0.278 e. The molecule has 0 atom stereocenters. The molecule has 0 bridgehead atoms. The highest BCUT2D eigenvalue weighted by atomic mass is 19.1. The molecule has 21 heavy (non-hydrogen) atoms. The number of anilines is 1. The van der Waals surface area contributed by atoms with Gasteiger partial charge in [0.2, 0.25) is 0 Å². The SMILES string of the molecule is O=C(Nc1cccnc1)c1ncoc1-c1ccccc1F. The summed E-state index contributed by atoms with van der Waals surface area (Å²) in [5.74, 6) is -0.880. The Hall–Kier alpha value is -3.02. The Labute approximate surface area is 119 Å². The Bertz CT molecular complexity index is 771. The number of benzene rings is 1. The molecule has 0 radical (unpaired) electrons. The fraction of sp³-hybridized carbons (Fsp3) is 0. The van der Waals surface area contributed by atoms with Gasteiger partial charge in [0.15, 0.2) is 17.8 Å². The molecule has 0 aliphatic rings. The Balaban J connectivity index is 1.93. The van der Waals surface area contributed by atoms with Crippen LogP contribution in [0.1, 0.15) is 10.5 Å². The topological polar surface area (TPSA) is 68.0 Å². The number of pyridine rings is 1. The molecular formula is C15H10FN3O2. The molecular weight excluding hydrogens is 273 g/mol. The minimum absolute atomic E-state index is 0.0175. The summed E-state index contributed by atoms with van der Waals surface area (Å²) in [7, 11) is 0. The van der Waals surface area contributed by atoms with Gasteiger partial charge in [-0.2, -0.15) is 0 Å². The van der Waals surface area contributed by atoms with Crippen LogP contribution in [0.2, 0.25) is 0 Å². The van der Waals surface area contributed by atoms with Gasteiger partial charge >= 0.3 is 0 Å². The first-order valence-corrected chi connectivity index (χ1v) is 6.15. The highest BCUT2D eigenvalue weighted by Gasteiger charge is 2.20. The predicted octanol–water partition coefficient (Wildman–Crippen LogP) is 3.13. The van der Waals surface area contributed by atoms with Gasteiger partial charge in [-0.3, -0.25) is 9.78 Å². The van der Waals surface area contributed by atoms with E-state index in [2.05, 4.69) is 15.3 Å². The van der Waals surface area contributed by atoms with Gasteiger partial charge in [-0.05, 0) is 24.3 Å². The zero-order valence-electron chi connectivity index (χ0n) is 10.8. The van der Waals surface area contributed by atoms with Gasteiger partial charge in [-0.1, -0.05) is 12.1 Å². The number of nitrogens with one attached hydrogen (secondary N) is 1. The molecule has 0 fully saturated rings. The number of halogens is 1. The van der Waals surface area contributed by atoms with Crippen molar-refractivity contribution in [1.29, 1.82) is 0 Å². The van der Waals surface area contributed by atoms with Crippen LogP contribution in [0, 0.1) is 5.82 Å². The van der Waals surface area contributed by atoms with E-state index in [1.807, 2.05) is 0 Å². The van der Waals surface area contributed by atoms with E-state index in [9.17, 15) is 9.18 Å². The van der Waals surface area contributed by atoms with Gasteiger partial charge in [0.1, 0.15) is 5.82 Å². The fourth-order valence-corrected chi connectivity index (χ4v) is 1.87. The van der Waals surface area contributed by atoms with Crippen molar-refractivity contribution in [2.75, 3.05) is 5.32 Å². The molecule has 1 aromatic carbocycles. The van der Waals surface area contributed by atoms with E-state index >= 15 is 0 Å². The number of amides is 1. The third-order valence-electron chi connectivity index (χ3n) is 2.82. The van der Waals surface area contributed by atoms with Gasteiger partial charge in [-0.25, -0.2) is 9.37 Å². The molecule has 2 heterocycles.